The van der Waals surface area contributed by atoms with E-state index in [2.05, 4.69) is 4.98 Å². The molecule has 0 aromatic carbocycles. The van der Waals surface area contributed by atoms with Gasteiger partial charge in [-0.25, -0.2) is 10.9 Å². The molecule has 0 bridgehead atoms. The molecule has 1 heterocycles. The van der Waals surface area contributed by atoms with E-state index in [9.17, 15) is 0 Å². The van der Waals surface area contributed by atoms with Crippen LogP contribution in [0.1, 0.15) is 23.6 Å². The van der Waals surface area contributed by atoms with Crippen LogP contribution < -0.4 is 10.8 Å². The second kappa shape index (κ2) is 4.04. The predicted molar refractivity (Wildman–Crippen MR) is 54.9 cm³/mol. The highest BCUT2D eigenvalue weighted by Gasteiger charge is 2.14. The van der Waals surface area contributed by atoms with Crippen molar-refractivity contribution < 1.29 is 4.84 Å². The van der Waals surface area contributed by atoms with Crippen molar-refractivity contribution in [2.45, 2.75) is 20.0 Å². The van der Waals surface area contributed by atoms with Gasteiger partial charge in [-0.15, -0.1) is 0 Å². The number of hydrogen-bond donors (Lipinski definition) is 1. The first kappa shape index (κ1) is 10.4. The second-order valence-corrected chi connectivity index (χ2v) is 4.13. The Labute approximate surface area is 82.3 Å². The number of rotatable bonds is 3. The third kappa shape index (κ3) is 2.18. The largest absolute Gasteiger partial charge is 0.354 e. The van der Waals surface area contributed by atoms with Crippen molar-refractivity contribution in [3.8, 4) is 0 Å². The molecule has 74 valence electrons. The molecule has 0 amide bonds. The number of hydrogen-bond acceptors (Lipinski definition) is 5. The van der Waals surface area contributed by atoms with E-state index in [1.54, 1.807) is 11.3 Å². The summed E-state index contributed by atoms with van der Waals surface area (Å²) in [5.74, 6) is 5.12. The SMILES string of the molecule is Cc1nc(N(C)C)sc1C(C)ON. The number of aryl methyl sites for hydroxylation is 1. The van der Waals surface area contributed by atoms with Gasteiger partial charge in [0.25, 0.3) is 0 Å². The first-order chi connectivity index (χ1) is 6.06. The highest BCUT2D eigenvalue weighted by Crippen LogP contribution is 2.30. The summed E-state index contributed by atoms with van der Waals surface area (Å²) in [7, 11) is 3.94. The maximum absolute atomic E-state index is 5.12. The molecule has 1 atom stereocenters. The lowest BCUT2D eigenvalue weighted by Crippen LogP contribution is -2.07. The molecule has 1 rings (SSSR count). The fourth-order valence-corrected chi connectivity index (χ4v) is 2.00. The minimum atomic E-state index is -0.0776. The summed E-state index contributed by atoms with van der Waals surface area (Å²) in [4.78, 5) is 12.2. The van der Waals surface area contributed by atoms with Gasteiger partial charge in [0.1, 0.15) is 6.10 Å². The van der Waals surface area contributed by atoms with E-state index in [1.807, 2.05) is 32.8 Å². The van der Waals surface area contributed by atoms with E-state index in [1.165, 1.54) is 0 Å². The van der Waals surface area contributed by atoms with Gasteiger partial charge in [-0.3, -0.25) is 4.84 Å². The zero-order chi connectivity index (χ0) is 10.0. The number of aromatic nitrogens is 1. The molecule has 4 nitrogen and oxygen atoms in total. The van der Waals surface area contributed by atoms with E-state index < -0.39 is 0 Å². The van der Waals surface area contributed by atoms with Gasteiger partial charge in [-0.1, -0.05) is 11.3 Å². The Morgan fingerprint density at radius 3 is 2.54 bits per heavy atom. The number of nitrogens with two attached hydrogens (primary N) is 1. The van der Waals surface area contributed by atoms with E-state index >= 15 is 0 Å². The molecule has 0 radical (unpaired) electrons. The molecule has 0 fully saturated rings. The summed E-state index contributed by atoms with van der Waals surface area (Å²) in [5, 5.41) is 0.983. The van der Waals surface area contributed by atoms with E-state index in [4.69, 9.17) is 10.7 Å². The lowest BCUT2D eigenvalue weighted by Gasteiger charge is -2.06. The second-order valence-electron chi connectivity index (χ2n) is 3.12. The summed E-state index contributed by atoms with van der Waals surface area (Å²) < 4.78 is 0. The zero-order valence-electron chi connectivity index (χ0n) is 8.37. The molecule has 1 aromatic heterocycles. The summed E-state index contributed by atoms with van der Waals surface area (Å²) in [6, 6.07) is 0. The Hall–Kier alpha value is -0.650. The predicted octanol–water partition coefficient (Wildman–Crippen LogP) is 1.47. The van der Waals surface area contributed by atoms with Crippen LogP contribution in [0.25, 0.3) is 0 Å². The van der Waals surface area contributed by atoms with Crippen LogP contribution in [-0.4, -0.2) is 19.1 Å². The van der Waals surface area contributed by atoms with Crippen LogP contribution in [0.15, 0.2) is 0 Å². The highest BCUT2D eigenvalue weighted by molar-refractivity contribution is 7.15. The molecule has 1 unspecified atom stereocenters. The molecule has 13 heavy (non-hydrogen) atoms. The smallest absolute Gasteiger partial charge is 0.185 e. The first-order valence-corrected chi connectivity index (χ1v) is 4.88. The average molecular weight is 201 g/mol. The van der Waals surface area contributed by atoms with Crippen molar-refractivity contribution >= 4 is 16.5 Å². The molecule has 0 saturated carbocycles. The normalized spacial score (nSPS) is 13.0. The lowest BCUT2D eigenvalue weighted by atomic mass is 10.3. The average Bonchev–Trinajstić information content (AvgIpc) is 2.46. The Kier molecular flexibility index (Phi) is 3.24. The summed E-state index contributed by atoms with van der Waals surface area (Å²) >= 11 is 1.61. The Morgan fingerprint density at radius 2 is 2.15 bits per heavy atom. The van der Waals surface area contributed by atoms with Crippen LogP contribution in [0.2, 0.25) is 0 Å². The van der Waals surface area contributed by atoms with Gasteiger partial charge >= 0.3 is 0 Å². The van der Waals surface area contributed by atoms with Crippen molar-refractivity contribution in [1.29, 1.82) is 0 Å². The summed E-state index contributed by atoms with van der Waals surface area (Å²) in [5.41, 5.74) is 0.992. The van der Waals surface area contributed by atoms with Gasteiger partial charge in [0, 0.05) is 14.1 Å². The van der Waals surface area contributed by atoms with Crippen LogP contribution >= 0.6 is 11.3 Å². The van der Waals surface area contributed by atoms with Crippen LogP contribution in [0.5, 0.6) is 0 Å². The number of nitrogens with zero attached hydrogens (tertiary/aromatic N) is 2. The van der Waals surface area contributed by atoms with Crippen LogP contribution in [0, 0.1) is 6.92 Å². The quantitative estimate of drug-likeness (QED) is 0.752. The maximum Gasteiger partial charge on any atom is 0.185 e. The molecule has 0 saturated heterocycles. The Bertz CT molecular complexity index is 285. The van der Waals surface area contributed by atoms with Gasteiger partial charge in [0.2, 0.25) is 0 Å². The Morgan fingerprint density at radius 1 is 1.54 bits per heavy atom. The summed E-state index contributed by atoms with van der Waals surface area (Å²) in [6.45, 7) is 3.88. The maximum atomic E-state index is 5.12. The van der Waals surface area contributed by atoms with E-state index in [0.29, 0.717) is 0 Å². The van der Waals surface area contributed by atoms with Crippen molar-refractivity contribution in [3.05, 3.63) is 10.6 Å². The summed E-state index contributed by atoms with van der Waals surface area (Å²) in [6.07, 6.45) is -0.0776. The Balaban J connectivity index is 2.96. The number of anilines is 1. The van der Waals surface area contributed by atoms with Gasteiger partial charge in [-0.05, 0) is 13.8 Å². The van der Waals surface area contributed by atoms with Gasteiger partial charge < -0.3 is 4.90 Å². The topological polar surface area (TPSA) is 51.4 Å². The van der Waals surface area contributed by atoms with Crippen LogP contribution in [0.3, 0.4) is 0 Å². The fourth-order valence-electron chi connectivity index (χ4n) is 1.02. The molecule has 0 aliphatic carbocycles. The van der Waals surface area contributed by atoms with Crippen molar-refractivity contribution in [2.75, 3.05) is 19.0 Å². The standard InChI is InChI=1S/C8H15N3OS/c1-5-7(6(2)12-9)13-8(10-5)11(3)4/h6H,9H2,1-4H3. The molecule has 0 aliphatic rings. The van der Waals surface area contributed by atoms with Gasteiger partial charge in [-0.2, -0.15) is 0 Å². The lowest BCUT2D eigenvalue weighted by molar-refractivity contribution is 0.0683. The molecule has 1 aromatic rings. The van der Waals surface area contributed by atoms with E-state index in [-0.39, 0.29) is 6.10 Å². The van der Waals surface area contributed by atoms with Crippen LogP contribution in [0.4, 0.5) is 5.13 Å². The monoisotopic (exact) mass is 201 g/mol. The number of thiazole rings is 1. The third-order valence-electron chi connectivity index (χ3n) is 1.78. The van der Waals surface area contributed by atoms with Crippen molar-refractivity contribution in [2.24, 2.45) is 5.90 Å². The van der Waals surface area contributed by atoms with Gasteiger partial charge in [0.05, 0.1) is 10.6 Å². The third-order valence-corrected chi connectivity index (χ3v) is 3.26. The first-order valence-electron chi connectivity index (χ1n) is 4.06. The van der Waals surface area contributed by atoms with Crippen molar-refractivity contribution in [1.82, 2.24) is 4.98 Å². The molecular formula is C8H15N3OS. The van der Waals surface area contributed by atoms with Crippen LogP contribution in [-0.2, 0) is 4.84 Å². The minimum Gasteiger partial charge on any atom is -0.354 e. The van der Waals surface area contributed by atoms with E-state index in [0.717, 1.165) is 15.7 Å². The van der Waals surface area contributed by atoms with Gasteiger partial charge in [0.15, 0.2) is 5.13 Å². The molecule has 2 N–H and O–H groups in total. The molecular weight excluding hydrogens is 186 g/mol. The zero-order valence-corrected chi connectivity index (χ0v) is 9.18. The molecule has 5 heteroatoms. The minimum absolute atomic E-state index is 0.0776. The van der Waals surface area contributed by atoms with Crippen molar-refractivity contribution in [3.63, 3.8) is 0 Å². The molecule has 0 aliphatic heterocycles. The fraction of sp³-hybridized carbons (Fsp3) is 0.625. The molecule has 0 spiro atoms. The highest BCUT2D eigenvalue weighted by atomic mass is 32.1.